The Bertz CT molecular complexity index is 715. The maximum absolute atomic E-state index is 11.7. The van der Waals surface area contributed by atoms with Crippen LogP contribution in [0.5, 0.6) is 0 Å². The van der Waals surface area contributed by atoms with Crippen molar-refractivity contribution >= 4 is 17.8 Å². The second kappa shape index (κ2) is 6.24. The van der Waals surface area contributed by atoms with Crippen molar-refractivity contribution in [2.45, 2.75) is 0 Å². The highest BCUT2D eigenvalue weighted by atomic mass is 16.6. The van der Waals surface area contributed by atoms with Gasteiger partial charge in [-0.3, -0.25) is 14.9 Å². The Kier molecular flexibility index (Phi) is 4.20. The van der Waals surface area contributed by atoms with Crippen molar-refractivity contribution in [2.75, 3.05) is 0 Å². The lowest BCUT2D eigenvalue weighted by atomic mass is 10.2. The molecule has 21 heavy (non-hydrogen) atoms. The average Bonchev–Trinajstić information content (AvgIpc) is 2.47. The quantitative estimate of drug-likeness (QED) is 0.297. The zero-order valence-electron chi connectivity index (χ0n) is 10.7. The Balaban J connectivity index is 2.04. The van der Waals surface area contributed by atoms with Crippen LogP contribution in [0, 0.1) is 15.3 Å². The fraction of sp³-hybridized carbons (Fsp3) is 0. The summed E-state index contributed by atoms with van der Waals surface area (Å²) in [6.07, 6.45) is 3.64. The molecule has 0 unspecified atom stereocenters. The molecule has 0 aliphatic carbocycles. The van der Waals surface area contributed by atoms with Crippen LogP contribution >= 0.6 is 0 Å². The van der Waals surface area contributed by atoms with Gasteiger partial charge in [0.15, 0.2) is 12.4 Å². The Morgan fingerprint density at radius 2 is 2.14 bits per heavy atom. The lowest BCUT2D eigenvalue weighted by Crippen LogP contribution is -2.28. The molecule has 8 nitrogen and oxygen atoms in total. The number of amides is 1. The number of rotatable bonds is 4. The summed E-state index contributed by atoms with van der Waals surface area (Å²) in [4.78, 5) is 21.8. The van der Waals surface area contributed by atoms with Gasteiger partial charge in [-0.1, -0.05) is 12.1 Å². The number of nitrogens with one attached hydrogen (secondary N) is 1. The second-order valence-electron chi connectivity index (χ2n) is 4.00. The molecular weight excluding hydrogens is 276 g/mol. The second-order valence-corrected chi connectivity index (χ2v) is 4.00. The number of pyridine rings is 1. The third-order valence-electron chi connectivity index (χ3n) is 2.50. The molecule has 1 aromatic heterocycles. The number of hydrogen-bond donors (Lipinski definition) is 1. The molecule has 0 bridgehead atoms. The normalized spacial score (nSPS) is 10.5. The molecule has 106 valence electrons. The van der Waals surface area contributed by atoms with Crippen LogP contribution in [0.25, 0.3) is 0 Å². The van der Waals surface area contributed by atoms with E-state index in [0.717, 1.165) is 6.20 Å². The topological polar surface area (TPSA) is 112 Å². The van der Waals surface area contributed by atoms with Gasteiger partial charge in [0.2, 0.25) is 0 Å². The number of non-ortho nitro benzene ring substituents is 1. The van der Waals surface area contributed by atoms with Gasteiger partial charge in [0.25, 0.3) is 11.6 Å². The molecule has 1 aromatic carbocycles. The summed E-state index contributed by atoms with van der Waals surface area (Å²) in [6, 6.07) is 8.70. The maximum atomic E-state index is 11.7. The molecule has 2 rings (SSSR count). The largest absolute Gasteiger partial charge is 0.619 e. The monoisotopic (exact) mass is 286 g/mol. The number of nitro benzene ring substituents is 1. The first kappa shape index (κ1) is 14.1. The van der Waals surface area contributed by atoms with Crippen LogP contribution in [-0.2, 0) is 0 Å². The molecule has 0 spiro atoms. The van der Waals surface area contributed by atoms with Gasteiger partial charge < -0.3 is 5.21 Å². The van der Waals surface area contributed by atoms with Crippen LogP contribution in [0.4, 0.5) is 5.69 Å². The number of nitrogens with zero attached hydrogens (tertiary/aromatic N) is 3. The fourth-order valence-electron chi connectivity index (χ4n) is 1.54. The third-order valence-corrected chi connectivity index (χ3v) is 2.50. The first-order valence-corrected chi connectivity index (χ1v) is 5.83. The molecule has 0 fully saturated rings. The number of carbonyl (C=O) groups excluding carboxylic acids is 1. The number of aromatic nitrogens is 1. The highest BCUT2D eigenvalue weighted by Crippen LogP contribution is 2.11. The fourth-order valence-corrected chi connectivity index (χ4v) is 1.54. The Morgan fingerprint density at radius 1 is 1.33 bits per heavy atom. The lowest BCUT2D eigenvalue weighted by molar-refractivity contribution is -0.605. The molecule has 0 saturated carbocycles. The first-order chi connectivity index (χ1) is 10.1. The minimum Gasteiger partial charge on any atom is -0.619 e. The van der Waals surface area contributed by atoms with E-state index < -0.39 is 10.8 Å². The van der Waals surface area contributed by atoms with Crippen molar-refractivity contribution in [2.24, 2.45) is 5.10 Å². The maximum Gasteiger partial charge on any atom is 0.277 e. The molecule has 0 aliphatic rings. The van der Waals surface area contributed by atoms with Crippen LogP contribution in [0.2, 0.25) is 0 Å². The Labute approximate surface area is 119 Å². The molecule has 8 heteroatoms. The molecule has 1 amide bonds. The van der Waals surface area contributed by atoms with Gasteiger partial charge in [0.05, 0.1) is 11.1 Å². The smallest absolute Gasteiger partial charge is 0.277 e. The van der Waals surface area contributed by atoms with Gasteiger partial charge in [-0.15, -0.1) is 0 Å². The van der Waals surface area contributed by atoms with Gasteiger partial charge in [-0.2, -0.15) is 9.83 Å². The van der Waals surface area contributed by atoms with E-state index in [1.807, 2.05) is 0 Å². The summed E-state index contributed by atoms with van der Waals surface area (Å²) in [5, 5.41) is 25.3. The number of hydrazone groups is 1. The van der Waals surface area contributed by atoms with Crippen LogP contribution in [0.1, 0.15) is 15.9 Å². The summed E-state index contributed by atoms with van der Waals surface area (Å²) in [7, 11) is 0. The van der Waals surface area contributed by atoms with Crippen molar-refractivity contribution in [1.29, 1.82) is 0 Å². The zero-order chi connectivity index (χ0) is 15.2. The van der Waals surface area contributed by atoms with E-state index in [2.05, 4.69) is 10.5 Å². The van der Waals surface area contributed by atoms with E-state index in [1.54, 1.807) is 6.07 Å². The van der Waals surface area contributed by atoms with Crippen molar-refractivity contribution in [1.82, 2.24) is 5.43 Å². The predicted molar refractivity (Wildman–Crippen MR) is 73.6 cm³/mol. The van der Waals surface area contributed by atoms with E-state index in [4.69, 9.17) is 0 Å². The average molecular weight is 286 g/mol. The van der Waals surface area contributed by atoms with Crippen molar-refractivity contribution in [3.63, 3.8) is 0 Å². The summed E-state index contributed by atoms with van der Waals surface area (Å²) in [5.74, 6) is -0.554. The first-order valence-electron chi connectivity index (χ1n) is 5.83. The third kappa shape index (κ3) is 3.83. The van der Waals surface area contributed by atoms with Crippen LogP contribution < -0.4 is 10.2 Å². The van der Waals surface area contributed by atoms with Gasteiger partial charge in [0.1, 0.15) is 5.56 Å². The molecular formula is C13H10N4O4. The molecule has 0 saturated heterocycles. The lowest BCUT2D eigenvalue weighted by Gasteiger charge is -1.99. The van der Waals surface area contributed by atoms with E-state index in [-0.39, 0.29) is 11.3 Å². The van der Waals surface area contributed by atoms with E-state index in [9.17, 15) is 20.1 Å². The number of carbonyl (C=O) groups is 1. The SMILES string of the molecule is O=C(N/N=C\c1cccc([N+](=O)[O-])c1)c1ccc[n+]([O-])c1. The minimum atomic E-state index is -0.554. The van der Waals surface area contributed by atoms with E-state index in [1.165, 1.54) is 42.7 Å². The minimum absolute atomic E-state index is 0.0688. The summed E-state index contributed by atoms with van der Waals surface area (Å²) in [5.41, 5.74) is 2.79. The molecule has 1 N–H and O–H groups in total. The highest BCUT2D eigenvalue weighted by Gasteiger charge is 2.07. The molecule has 1 heterocycles. The van der Waals surface area contributed by atoms with Crippen LogP contribution in [-0.4, -0.2) is 17.0 Å². The van der Waals surface area contributed by atoms with Gasteiger partial charge in [-0.25, -0.2) is 5.43 Å². The molecule has 0 atom stereocenters. The van der Waals surface area contributed by atoms with Crippen molar-refractivity contribution in [3.05, 3.63) is 75.2 Å². The molecule has 2 aromatic rings. The number of nitro groups is 1. The molecule has 0 aliphatic heterocycles. The van der Waals surface area contributed by atoms with Gasteiger partial charge in [0, 0.05) is 23.8 Å². The van der Waals surface area contributed by atoms with Gasteiger partial charge >= 0.3 is 0 Å². The van der Waals surface area contributed by atoms with Crippen LogP contribution in [0.3, 0.4) is 0 Å². The van der Waals surface area contributed by atoms with Crippen LogP contribution in [0.15, 0.2) is 53.9 Å². The van der Waals surface area contributed by atoms with E-state index in [0.29, 0.717) is 10.3 Å². The summed E-state index contributed by atoms with van der Waals surface area (Å²) >= 11 is 0. The van der Waals surface area contributed by atoms with Crippen molar-refractivity contribution in [3.8, 4) is 0 Å². The predicted octanol–water partition coefficient (Wildman–Crippen LogP) is 0.992. The summed E-state index contributed by atoms with van der Waals surface area (Å²) < 4.78 is 0.499. The Morgan fingerprint density at radius 3 is 2.86 bits per heavy atom. The zero-order valence-corrected chi connectivity index (χ0v) is 10.7. The standard InChI is InChI=1S/C13H10N4O4/c18-13(11-4-2-6-16(19)9-11)15-14-8-10-3-1-5-12(7-10)17(20)21/h1-9H,(H,15,18)/b14-8-. The Hall–Kier alpha value is -3.29. The number of benzene rings is 1. The van der Waals surface area contributed by atoms with Gasteiger partial charge in [-0.05, 0) is 6.07 Å². The number of hydrogen-bond acceptors (Lipinski definition) is 5. The van der Waals surface area contributed by atoms with Crippen molar-refractivity contribution < 1.29 is 14.4 Å². The summed E-state index contributed by atoms with van der Waals surface area (Å²) in [6.45, 7) is 0. The molecule has 0 radical (unpaired) electrons. The highest BCUT2D eigenvalue weighted by molar-refractivity contribution is 5.94. The van der Waals surface area contributed by atoms with E-state index >= 15 is 0 Å².